The first-order valence-electron chi connectivity index (χ1n) is 11.9. The number of anilines is 3. The lowest BCUT2D eigenvalue weighted by Crippen LogP contribution is -2.26. The van der Waals surface area contributed by atoms with E-state index >= 15 is 0 Å². The molecule has 182 valence electrons. The number of carbonyl (C=O) groups is 2. The Balaban J connectivity index is 1.53. The maximum Gasteiger partial charge on any atom is 0.323 e. The highest BCUT2D eigenvalue weighted by Crippen LogP contribution is 2.31. The van der Waals surface area contributed by atoms with Crippen LogP contribution in [0.15, 0.2) is 60.7 Å². The molecule has 0 bridgehead atoms. The number of benzene rings is 3. The number of rotatable bonds is 7. The van der Waals surface area contributed by atoms with E-state index in [0.717, 1.165) is 59.7 Å². The van der Waals surface area contributed by atoms with Crippen LogP contribution >= 0.6 is 0 Å². The number of nitrogens with one attached hydrogen (secondary N) is 3. The van der Waals surface area contributed by atoms with Crippen LogP contribution in [-0.4, -0.2) is 32.1 Å². The summed E-state index contributed by atoms with van der Waals surface area (Å²) in [5, 5.41) is 8.87. The molecule has 1 aliphatic heterocycles. The van der Waals surface area contributed by atoms with E-state index < -0.39 is 0 Å². The molecule has 0 unspecified atom stereocenters. The molecule has 0 aromatic heterocycles. The minimum absolute atomic E-state index is 0.220. The lowest BCUT2D eigenvalue weighted by molar-refractivity contribution is 0.0950. The zero-order valence-electron chi connectivity index (χ0n) is 20.5. The number of urea groups is 1. The summed E-state index contributed by atoms with van der Waals surface area (Å²) in [6.45, 7) is 6.18. The lowest BCUT2D eigenvalue weighted by atomic mass is 10.1. The minimum atomic E-state index is -0.342. The van der Waals surface area contributed by atoms with Crippen LogP contribution in [0.1, 0.15) is 39.9 Å². The van der Waals surface area contributed by atoms with Crippen molar-refractivity contribution in [2.24, 2.45) is 0 Å². The molecule has 3 amide bonds. The van der Waals surface area contributed by atoms with Crippen LogP contribution in [0.3, 0.4) is 0 Å². The molecule has 0 aliphatic carbocycles. The molecule has 0 saturated carbocycles. The number of carbonyl (C=O) groups excluding carboxylic acids is 2. The van der Waals surface area contributed by atoms with Gasteiger partial charge in [-0.3, -0.25) is 4.79 Å². The minimum Gasteiger partial charge on any atom is -0.496 e. The maximum absolute atomic E-state index is 13.0. The highest BCUT2D eigenvalue weighted by atomic mass is 16.5. The Kier molecular flexibility index (Phi) is 7.55. The Morgan fingerprint density at radius 2 is 1.66 bits per heavy atom. The van der Waals surface area contributed by atoms with Gasteiger partial charge >= 0.3 is 6.03 Å². The summed E-state index contributed by atoms with van der Waals surface area (Å²) in [7, 11) is 1.61. The Morgan fingerprint density at radius 3 is 2.43 bits per heavy atom. The highest BCUT2D eigenvalue weighted by Gasteiger charge is 2.19. The number of amides is 3. The fourth-order valence-corrected chi connectivity index (χ4v) is 4.30. The Bertz CT molecular complexity index is 1220. The van der Waals surface area contributed by atoms with Gasteiger partial charge in [-0.05, 0) is 68.1 Å². The quantitative estimate of drug-likeness (QED) is 0.425. The van der Waals surface area contributed by atoms with Gasteiger partial charge in [0.1, 0.15) is 5.75 Å². The second kappa shape index (κ2) is 11.0. The van der Waals surface area contributed by atoms with E-state index in [1.54, 1.807) is 19.2 Å². The van der Waals surface area contributed by atoms with Crippen LogP contribution in [0.2, 0.25) is 0 Å². The standard InChI is InChI=1S/C28H32N4O3/c1-19-9-8-11-23(20(19)2)30-28(34)31-24-17-21(13-14-25(24)32-15-6-7-16-32)27(33)29-18-22-10-4-5-12-26(22)35-3/h4-5,8-14,17H,6-7,15-16,18H2,1-3H3,(H,29,33)(H2,30,31,34). The molecule has 3 aromatic rings. The van der Waals surface area contributed by atoms with Crippen LogP contribution < -0.4 is 25.6 Å². The summed E-state index contributed by atoms with van der Waals surface area (Å²) in [5.74, 6) is 0.504. The Labute approximate surface area is 206 Å². The molecular weight excluding hydrogens is 440 g/mol. The molecule has 1 heterocycles. The summed E-state index contributed by atoms with van der Waals surface area (Å²) in [6, 6.07) is 18.5. The summed E-state index contributed by atoms with van der Waals surface area (Å²) >= 11 is 0. The summed E-state index contributed by atoms with van der Waals surface area (Å²) < 4.78 is 5.37. The number of nitrogens with zero attached hydrogens (tertiary/aromatic N) is 1. The van der Waals surface area contributed by atoms with Gasteiger partial charge in [0.25, 0.3) is 5.91 Å². The van der Waals surface area contributed by atoms with E-state index in [0.29, 0.717) is 17.8 Å². The summed E-state index contributed by atoms with van der Waals surface area (Å²) in [6.07, 6.45) is 2.21. The van der Waals surface area contributed by atoms with E-state index in [-0.39, 0.29) is 11.9 Å². The Morgan fingerprint density at radius 1 is 0.914 bits per heavy atom. The first kappa shape index (κ1) is 24.1. The lowest BCUT2D eigenvalue weighted by Gasteiger charge is -2.22. The van der Waals surface area contributed by atoms with Crippen LogP contribution in [0.5, 0.6) is 5.75 Å². The van der Waals surface area contributed by atoms with Crippen molar-refractivity contribution >= 4 is 29.0 Å². The van der Waals surface area contributed by atoms with Gasteiger partial charge in [0, 0.05) is 36.4 Å². The molecule has 7 nitrogen and oxygen atoms in total. The van der Waals surface area contributed by atoms with Gasteiger partial charge < -0.3 is 25.6 Å². The van der Waals surface area contributed by atoms with Crippen molar-refractivity contribution in [1.29, 1.82) is 0 Å². The summed E-state index contributed by atoms with van der Waals surface area (Å²) in [4.78, 5) is 28.1. The third kappa shape index (κ3) is 5.74. The molecule has 7 heteroatoms. The van der Waals surface area contributed by atoms with Crippen molar-refractivity contribution < 1.29 is 14.3 Å². The van der Waals surface area contributed by atoms with Gasteiger partial charge in [-0.1, -0.05) is 30.3 Å². The predicted molar refractivity (Wildman–Crippen MR) is 141 cm³/mol. The van der Waals surface area contributed by atoms with Crippen molar-refractivity contribution in [3.8, 4) is 5.75 Å². The third-order valence-corrected chi connectivity index (χ3v) is 6.44. The number of methoxy groups -OCH3 is 1. The van der Waals surface area contributed by atoms with Gasteiger partial charge in [-0.25, -0.2) is 4.79 Å². The molecular formula is C28H32N4O3. The predicted octanol–water partition coefficient (Wildman–Crippen LogP) is 5.49. The molecule has 0 radical (unpaired) electrons. The Hall–Kier alpha value is -4.00. The van der Waals surface area contributed by atoms with E-state index in [1.807, 2.05) is 62.4 Å². The van der Waals surface area contributed by atoms with Crippen LogP contribution in [0, 0.1) is 13.8 Å². The molecule has 1 aliphatic rings. The number of hydrogen-bond acceptors (Lipinski definition) is 4. The van der Waals surface area contributed by atoms with Crippen LogP contribution in [0.4, 0.5) is 21.9 Å². The van der Waals surface area contributed by atoms with Crippen LogP contribution in [0.25, 0.3) is 0 Å². The molecule has 35 heavy (non-hydrogen) atoms. The summed E-state index contributed by atoms with van der Waals surface area (Å²) in [5.41, 5.74) is 5.78. The van der Waals surface area contributed by atoms with Crippen molar-refractivity contribution in [1.82, 2.24) is 5.32 Å². The van der Waals surface area contributed by atoms with Gasteiger partial charge in [0.05, 0.1) is 18.5 Å². The zero-order valence-corrected chi connectivity index (χ0v) is 20.5. The molecule has 0 atom stereocenters. The largest absolute Gasteiger partial charge is 0.496 e. The second-order valence-electron chi connectivity index (χ2n) is 8.75. The number of para-hydroxylation sites is 1. The molecule has 3 N–H and O–H groups in total. The van der Waals surface area contributed by atoms with Gasteiger partial charge in [0.2, 0.25) is 0 Å². The van der Waals surface area contributed by atoms with Gasteiger partial charge in [-0.15, -0.1) is 0 Å². The van der Waals surface area contributed by atoms with E-state index in [4.69, 9.17) is 4.74 Å². The third-order valence-electron chi connectivity index (χ3n) is 6.44. The maximum atomic E-state index is 13.0. The zero-order chi connectivity index (χ0) is 24.8. The smallest absolute Gasteiger partial charge is 0.323 e. The SMILES string of the molecule is COc1ccccc1CNC(=O)c1ccc(N2CCCC2)c(NC(=O)Nc2cccc(C)c2C)c1. The number of hydrogen-bond donors (Lipinski definition) is 3. The van der Waals surface area contributed by atoms with Crippen LogP contribution in [-0.2, 0) is 6.54 Å². The van der Waals surface area contributed by atoms with E-state index in [1.165, 1.54) is 0 Å². The van der Waals surface area contributed by atoms with E-state index in [2.05, 4.69) is 20.9 Å². The fraction of sp³-hybridized carbons (Fsp3) is 0.286. The van der Waals surface area contributed by atoms with Crippen molar-refractivity contribution in [3.63, 3.8) is 0 Å². The first-order valence-corrected chi connectivity index (χ1v) is 11.9. The van der Waals surface area contributed by atoms with Crippen molar-refractivity contribution in [3.05, 3.63) is 82.9 Å². The molecule has 0 spiro atoms. The van der Waals surface area contributed by atoms with E-state index in [9.17, 15) is 9.59 Å². The first-order chi connectivity index (χ1) is 17.0. The van der Waals surface area contributed by atoms with Gasteiger partial charge in [-0.2, -0.15) is 0 Å². The highest BCUT2D eigenvalue weighted by molar-refractivity contribution is 6.04. The molecule has 1 fully saturated rings. The van der Waals surface area contributed by atoms with Crippen molar-refractivity contribution in [2.45, 2.75) is 33.2 Å². The fourth-order valence-electron chi connectivity index (χ4n) is 4.30. The molecule has 3 aromatic carbocycles. The average Bonchev–Trinajstić information content (AvgIpc) is 3.40. The monoisotopic (exact) mass is 472 g/mol. The molecule has 1 saturated heterocycles. The number of ether oxygens (including phenoxy) is 1. The second-order valence-corrected chi connectivity index (χ2v) is 8.75. The number of aryl methyl sites for hydroxylation is 1. The normalized spacial score (nSPS) is 12.8. The average molecular weight is 473 g/mol. The van der Waals surface area contributed by atoms with Crippen molar-refractivity contribution in [2.75, 3.05) is 35.7 Å². The molecule has 4 rings (SSSR count). The van der Waals surface area contributed by atoms with Gasteiger partial charge in [0.15, 0.2) is 0 Å². The topological polar surface area (TPSA) is 82.7 Å².